The maximum atomic E-state index is 13.7. The Kier molecular flexibility index (Phi) is 8.35. The number of hydrogen-bond donors (Lipinski definition) is 2. The fraction of sp³-hybridized carbons (Fsp3) is 0.182. The van der Waals surface area contributed by atoms with Gasteiger partial charge in [-0.3, -0.25) is 5.21 Å². The SMILES string of the molecule is CCN(O)C(=S)SC(C)C#Cc1cc(-c2ccc(F)c(Cl)c2)n(-c2ccc(S(N)(=O)=O)cc2)n1. The van der Waals surface area contributed by atoms with Crippen LogP contribution in [0.1, 0.15) is 19.5 Å². The third kappa shape index (κ3) is 6.35. The first-order valence-electron chi connectivity index (χ1n) is 9.87. The molecule has 0 bridgehead atoms. The number of benzene rings is 2. The lowest BCUT2D eigenvalue weighted by atomic mass is 10.1. The molecule has 0 aliphatic heterocycles. The van der Waals surface area contributed by atoms with Gasteiger partial charge in [0.1, 0.15) is 11.5 Å². The smallest absolute Gasteiger partial charge is 0.238 e. The second kappa shape index (κ2) is 10.9. The van der Waals surface area contributed by atoms with Crippen LogP contribution in [0.5, 0.6) is 0 Å². The monoisotopic (exact) mass is 538 g/mol. The van der Waals surface area contributed by atoms with Crippen molar-refractivity contribution in [2.24, 2.45) is 5.14 Å². The third-order valence-electron chi connectivity index (χ3n) is 4.53. The van der Waals surface area contributed by atoms with Gasteiger partial charge in [-0.1, -0.05) is 41.5 Å². The van der Waals surface area contributed by atoms with Crippen LogP contribution in [0.4, 0.5) is 4.39 Å². The normalized spacial score (nSPS) is 12.1. The maximum Gasteiger partial charge on any atom is 0.238 e. The maximum absolute atomic E-state index is 13.7. The minimum absolute atomic E-state index is 0.0402. The van der Waals surface area contributed by atoms with E-state index in [0.29, 0.717) is 33.5 Å². The zero-order valence-corrected chi connectivity index (χ0v) is 21.3. The second-order valence-electron chi connectivity index (χ2n) is 7.01. The molecule has 0 aliphatic rings. The Bertz CT molecular complexity index is 1380. The van der Waals surface area contributed by atoms with Crippen LogP contribution < -0.4 is 5.14 Å². The fourth-order valence-electron chi connectivity index (χ4n) is 2.82. The van der Waals surface area contributed by atoms with Crippen LogP contribution in [0.3, 0.4) is 0 Å². The van der Waals surface area contributed by atoms with Gasteiger partial charge >= 0.3 is 0 Å². The van der Waals surface area contributed by atoms with Gasteiger partial charge in [0.05, 0.1) is 26.5 Å². The van der Waals surface area contributed by atoms with Gasteiger partial charge in [-0.05, 0) is 62.2 Å². The Morgan fingerprint density at radius 1 is 1.32 bits per heavy atom. The van der Waals surface area contributed by atoms with Crippen molar-refractivity contribution >= 4 is 49.9 Å². The van der Waals surface area contributed by atoms with Crippen molar-refractivity contribution in [3.05, 3.63) is 65.1 Å². The Morgan fingerprint density at radius 2 is 2.00 bits per heavy atom. The Balaban J connectivity index is 2.01. The van der Waals surface area contributed by atoms with Gasteiger partial charge in [-0.2, -0.15) is 5.10 Å². The highest BCUT2D eigenvalue weighted by Gasteiger charge is 2.15. The van der Waals surface area contributed by atoms with E-state index in [9.17, 15) is 18.0 Å². The predicted molar refractivity (Wildman–Crippen MR) is 136 cm³/mol. The van der Waals surface area contributed by atoms with E-state index in [2.05, 4.69) is 16.9 Å². The molecule has 0 amide bonds. The number of nitrogens with two attached hydrogens (primary N) is 1. The van der Waals surface area contributed by atoms with E-state index in [0.717, 1.165) is 5.06 Å². The van der Waals surface area contributed by atoms with Crippen LogP contribution in [-0.2, 0) is 10.0 Å². The number of hydroxylamine groups is 2. The third-order valence-corrected chi connectivity index (χ3v) is 7.13. The first-order valence-corrected chi connectivity index (χ1v) is 13.1. The molecule has 2 aromatic carbocycles. The van der Waals surface area contributed by atoms with Gasteiger partial charge in [0.25, 0.3) is 0 Å². The molecule has 0 saturated heterocycles. The molecule has 3 aromatic rings. The molecule has 0 radical (unpaired) electrons. The largest absolute Gasteiger partial charge is 0.287 e. The number of aromatic nitrogens is 2. The number of thioether (sulfide) groups is 1. The number of nitrogens with zero attached hydrogens (tertiary/aromatic N) is 3. The van der Waals surface area contributed by atoms with E-state index < -0.39 is 15.8 Å². The van der Waals surface area contributed by atoms with Crippen molar-refractivity contribution in [3.63, 3.8) is 0 Å². The number of sulfonamides is 1. The summed E-state index contributed by atoms with van der Waals surface area (Å²) in [5, 5.41) is 20.1. The first kappa shape index (κ1) is 26.2. The quantitative estimate of drug-likeness (QED) is 0.281. The van der Waals surface area contributed by atoms with Gasteiger partial charge in [0, 0.05) is 18.2 Å². The Labute approximate surface area is 211 Å². The number of halogens is 2. The fourth-order valence-corrected chi connectivity index (χ4v) is 4.75. The van der Waals surface area contributed by atoms with E-state index in [1.54, 1.807) is 35.9 Å². The first-order chi connectivity index (χ1) is 16.0. The molecular weight excluding hydrogens is 519 g/mol. The van der Waals surface area contributed by atoms with Crippen molar-refractivity contribution in [1.29, 1.82) is 0 Å². The van der Waals surface area contributed by atoms with E-state index in [4.69, 9.17) is 29.0 Å². The highest BCUT2D eigenvalue weighted by Crippen LogP contribution is 2.28. The molecule has 1 unspecified atom stereocenters. The predicted octanol–water partition coefficient (Wildman–Crippen LogP) is 4.45. The highest BCUT2D eigenvalue weighted by atomic mass is 35.5. The summed E-state index contributed by atoms with van der Waals surface area (Å²) in [6, 6.07) is 11.8. The summed E-state index contributed by atoms with van der Waals surface area (Å²) < 4.78 is 38.8. The van der Waals surface area contributed by atoms with Crippen LogP contribution in [0, 0.1) is 17.7 Å². The summed E-state index contributed by atoms with van der Waals surface area (Å²) in [6.07, 6.45) is 0. The molecule has 1 aromatic heterocycles. The Morgan fingerprint density at radius 3 is 2.59 bits per heavy atom. The Hall–Kier alpha value is -2.46. The van der Waals surface area contributed by atoms with Crippen molar-refractivity contribution < 1.29 is 18.0 Å². The topological polar surface area (TPSA) is 101 Å². The molecule has 0 fully saturated rings. The molecule has 3 N–H and O–H groups in total. The van der Waals surface area contributed by atoms with Gasteiger partial charge in [-0.25, -0.2) is 27.7 Å². The summed E-state index contributed by atoms with van der Waals surface area (Å²) in [5.74, 6) is 5.46. The number of rotatable bonds is 5. The minimum atomic E-state index is -3.85. The second-order valence-corrected chi connectivity index (χ2v) is 10.9. The lowest BCUT2D eigenvalue weighted by molar-refractivity contribution is -0.00242. The lowest BCUT2D eigenvalue weighted by Crippen LogP contribution is -2.23. The van der Waals surface area contributed by atoms with Crippen LogP contribution in [0.25, 0.3) is 16.9 Å². The van der Waals surface area contributed by atoms with Crippen LogP contribution in [-0.4, -0.2) is 44.6 Å². The molecule has 178 valence electrons. The van der Waals surface area contributed by atoms with Crippen LogP contribution in [0.2, 0.25) is 5.02 Å². The van der Waals surface area contributed by atoms with Gasteiger partial charge < -0.3 is 0 Å². The molecule has 3 rings (SSSR count). The van der Waals surface area contributed by atoms with Crippen molar-refractivity contribution in [2.45, 2.75) is 24.0 Å². The van der Waals surface area contributed by atoms with Crippen molar-refractivity contribution in [1.82, 2.24) is 14.8 Å². The summed E-state index contributed by atoms with van der Waals surface area (Å²) in [6.45, 7) is 3.98. The minimum Gasteiger partial charge on any atom is -0.287 e. The zero-order valence-electron chi connectivity index (χ0n) is 18.1. The zero-order chi connectivity index (χ0) is 25.0. The average Bonchev–Trinajstić information content (AvgIpc) is 3.22. The molecule has 0 saturated carbocycles. The van der Waals surface area contributed by atoms with Gasteiger partial charge in [0.15, 0.2) is 4.32 Å². The van der Waals surface area contributed by atoms with Crippen LogP contribution >= 0.6 is 35.6 Å². The molecule has 0 aliphatic carbocycles. The van der Waals surface area contributed by atoms with Gasteiger partial charge in [0.2, 0.25) is 10.0 Å². The summed E-state index contributed by atoms with van der Waals surface area (Å²) in [7, 11) is -3.85. The van der Waals surface area contributed by atoms with E-state index in [-0.39, 0.29) is 15.2 Å². The van der Waals surface area contributed by atoms with E-state index >= 15 is 0 Å². The van der Waals surface area contributed by atoms with Crippen molar-refractivity contribution in [3.8, 4) is 28.8 Å². The molecule has 12 heteroatoms. The standard InChI is InChI=1S/C22H20ClFN4O3S3/c1-3-27(29)22(32)33-14(2)4-6-16-13-21(15-5-11-20(24)19(23)12-15)28(26-16)17-7-9-18(10-8-17)34(25,30)31/h5,7-14,29H,3H2,1-2H3,(H2,25,30,31). The number of primary sulfonamides is 1. The van der Waals surface area contributed by atoms with E-state index in [1.807, 2.05) is 6.92 Å². The molecule has 1 atom stereocenters. The summed E-state index contributed by atoms with van der Waals surface area (Å²) in [5.41, 5.74) is 2.11. The summed E-state index contributed by atoms with van der Waals surface area (Å²) >= 11 is 12.4. The lowest BCUT2D eigenvalue weighted by Gasteiger charge is -2.15. The average molecular weight is 539 g/mol. The van der Waals surface area contributed by atoms with E-state index in [1.165, 1.54) is 36.0 Å². The number of hydrogen-bond acceptors (Lipinski definition) is 6. The number of thiocarbonyl (C=S) groups is 1. The van der Waals surface area contributed by atoms with Gasteiger partial charge in [-0.15, -0.1) is 0 Å². The van der Waals surface area contributed by atoms with Crippen LogP contribution in [0.15, 0.2) is 53.4 Å². The molecule has 1 heterocycles. The van der Waals surface area contributed by atoms with Crippen molar-refractivity contribution in [2.75, 3.05) is 6.54 Å². The highest BCUT2D eigenvalue weighted by molar-refractivity contribution is 8.23. The molecule has 7 nitrogen and oxygen atoms in total. The summed E-state index contributed by atoms with van der Waals surface area (Å²) in [4.78, 5) is -0.0402. The molecule has 0 spiro atoms. The molecular formula is C22H20ClFN4O3S3. The molecule has 34 heavy (non-hydrogen) atoms.